The van der Waals surface area contributed by atoms with Gasteiger partial charge in [0.15, 0.2) is 0 Å². The molecule has 0 unspecified atom stereocenters. The van der Waals surface area contributed by atoms with Crippen molar-refractivity contribution in [3.63, 3.8) is 0 Å². The fourth-order valence-electron chi connectivity index (χ4n) is 9.65. The third kappa shape index (κ3) is 42.5. The number of carbonyl (C=O) groups excluding carboxylic acids is 3. The Morgan fingerprint density at radius 3 is 0.970 bits per heavy atom. The van der Waals surface area contributed by atoms with Crippen molar-refractivity contribution in [2.24, 2.45) is 0 Å². The second-order valence-electron chi connectivity index (χ2n) is 20.9. The van der Waals surface area contributed by atoms with Crippen LogP contribution in [-0.2, 0) is 23.9 Å². The van der Waals surface area contributed by atoms with Crippen LogP contribution in [0, 0.1) is 0 Å². The lowest BCUT2D eigenvalue weighted by molar-refractivity contribution is -0.151. The van der Waals surface area contributed by atoms with Crippen molar-refractivity contribution < 1.29 is 23.9 Å². The van der Waals surface area contributed by atoms with Crippen molar-refractivity contribution in [1.82, 2.24) is 9.80 Å². The van der Waals surface area contributed by atoms with E-state index in [0.29, 0.717) is 31.2 Å². The third-order valence-electron chi connectivity index (χ3n) is 14.0. The van der Waals surface area contributed by atoms with E-state index in [-0.39, 0.29) is 24.1 Å². The van der Waals surface area contributed by atoms with Crippen molar-refractivity contribution in [3.05, 3.63) is 0 Å². The van der Waals surface area contributed by atoms with Crippen LogP contribution < -0.4 is 0 Å². The highest BCUT2D eigenvalue weighted by Crippen LogP contribution is 2.23. The van der Waals surface area contributed by atoms with Crippen molar-refractivity contribution in [3.8, 4) is 0 Å². The predicted octanol–water partition coefficient (Wildman–Crippen LogP) is 17.8. The molecule has 66 heavy (non-hydrogen) atoms. The molecule has 0 aliphatic heterocycles. The minimum Gasteiger partial charge on any atom is -0.462 e. The van der Waals surface area contributed by atoms with Gasteiger partial charge in [-0.25, -0.2) is 0 Å². The molecule has 0 heterocycles. The molecule has 0 atom stereocenters. The molecule has 0 N–H and O–H groups in total. The molecule has 1 amide bonds. The summed E-state index contributed by atoms with van der Waals surface area (Å²) in [6.07, 6.45) is 49.6. The summed E-state index contributed by atoms with van der Waals surface area (Å²) < 4.78 is 12.1. The Balaban J connectivity index is 5.08. The van der Waals surface area contributed by atoms with Crippen LogP contribution in [0.25, 0.3) is 0 Å². The largest absolute Gasteiger partial charge is 0.462 e. The van der Waals surface area contributed by atoms with Gasteiger partial charge in [0, 0.05) is 31.8 Å². The van der Waals surface area contributed by atoms with Gasteiger partial charge in [-0.2, -0.15) is 0 Å². The topological polar surface area (TPSA) is 76.2 Å². The summed E-state index contributed by atoms with van der Waals surface area (Å²) in [6.45, 7) is 13.1. The summed E-state index contributed by atoms with van der Waals surface area (Å²) in [7, 11) is 4.27. The molecule has 0 fully saturated rings. The van der Waals surface area contributed by atoms with Gasteiger partial charge in [-0.15, -0.1) is 0 Å². The van der Waals surface area contributed by atoms with Gasteiger partial charge in [0.1, 0.15) is 12.2 Å². The minimum atomic E-state index is 0.0128. The van der Waals surface area contributed by atoms with E-state index in [1.807, 2.05) is 0 Å². The molecular formula is C59H116N2O5. The highest BCUT2D eigenvalue weighted by Gasteiger charge is 2.23. The Morgan fingerprint density at radius 1 is 0.333 bits per heavy atom. The van der Waals surface area contributed by atoms with Gasteiger partial charge in [-0.1, -0.05) is 208 Å². The molecule has 0 aromatic heterocycles. The highest BCUT2D eigenvalue weighted by atomic mass is 16.5. The number of rotatable bonds is 52. The summed E-state index contributed by atoms with van der Waals surface area (Å²) >= 11 is 0. The number of hydrogen-bond acceptors (Lipinski definition) is 6. The lowest BCUT2D eigenvalue weighted by Gasteiger charge is -2.33. The lowest BCUT2D eigenvalue weighted by atomic mass is 9.97. The number of amides is 1. The predicted molar refractivity (Wildman–Crippen MR) is 285 cm³/mol. The van der Waals surface area contributed by atoms with Gasteiger partial charge in [-0.05, 0) is 111 Å². The first-order chi connectivity index (χ1) is 32.2. The summed E-state index contributed by atoms with van der Waals surface area (Å²) in [5.74, 6) is 0.402. The van der Waals surface area contributed by atoms with Gasteiger partial charge >= 0.3 is 11.9 Å². The van der Waals surface area contributed by atoms with E-state index >= 15 is 0 Å². The zero-order valence-electron chi connectivity index (χ0n) is 45.7. The van der Waals surface area contributed by atoms with Crippen LogP contribution in [0.2, 0.25) is 0 Å². The number of nitrogens with zero attached hydrogens (tertiary/aromatic N) is 2. The maximum Gasteiger partial charge on any atom is 0.306 e. The first-order valence-corrected chi connectivity index (χ1v) is 29.5. The summed E-state index contributed by atoms with van der Waals surface area (Å²) in [5.41, 5.74) is 0. The molecule has 0 aromatic rings. The first kappa shape index (κ1) is 64.4. The van der Waals surface area contributed by atoms with Crippen LogP contribution in [0.4, 0.5) is 0 Å². The van der Waals surface area contributed by atoms with Gasteiger partial charge in [0.05, 0.1) is 0 Å². The monoisotopic (exact) mass is 933 g/mol. The Morgan fingerprint density at radius 2 is 0.621 bits per heavy atom. The number of unbranched alkanes of at least 4 members (excludes halogenated alkanes) is 27. The van der Waals surface area contributed by atoms with Crippen molar-refractivity contribution in [2.45, 2.75) is 335 Å². The highest BCUT2D eigenvalue weighted by molar-refractivity contribution is 5.76. The third-order valence-corrected chi connectivity index (χ3v) is 14.0. The first-order valence-electron chi connectivity index (χ1n) is 29.5. The number of carbonyl (C=O) groups is 3. The van der Waals surface area contributed by atoms with Crippen molar-refractivity contribution in [1.29, 1.82) is 0 Å². The molecule has 0 rings (SSSR count). The normalized spacial score (nSPS) is 11.7. The molecule has 0 aliphatic carbocycles. The average molecular weight is 934 g/mol. The zero-order valence-corrected chi connectivity index (χ0v) is 45.7. The average Bonchev–Trinajstić information content (AvgIpc) is 3.30. The van der Waals surface area contributed by atoms with Crippen molar-refractivity contribution in [2.75, 3.05) is 27.2 Å². The van der Waals surface area contributed by atoms with Gasteiger partial charge < -0.3 is 19.3 Å². The molecular weight excluding hydrogens is 817 g/mol. The smallest absolute Gasteiger partial charge is 0.306 e. The van der Waals surface area contributed by atoms with E-state index < -0.39 is 0 Å². The zero-order chi connectivity index (χ0) is 48.6. The molecule has 0 aliphatic rings. The Hall–Kier alpha value is -1.63. The van der Waals surface area contributed by atoms with Crippen LogP contribution in [0.1, 0.15) is 317 Å². The molecule has 7 nitrogen and oxygen atoms in total. The minimum absolute atomic E-state index is 0.0128. The lowest BCUT2D eigenvalue weighted by Crippen LogP contribution is -2.41. The van der Waals surface area contributed by atoms with E-state index in [1.165, 1.54) is 154 Å². The van der Waals surface area contributed by atoms with E-state index in [2.05, 4.69) is 58.5 Å². The maximum atomic E-state index is 14.0. The van der Waals surface area contributed by atoms with E-state index in [0.717, 1.165) is 122 Å². The molecule has 0 spiro atoms. The second-order valence-corrected chi connectivity index (χ2v) is 20.9. The van der Waals surface area contributed by atoms with E-state index in [9.17, 15) is 14.4 Å². The maximum absolute atomic E-state index is 14.0. The summed E-state index contributed by atoms with van der Waals surface area (Å²) in [5, 5.41) is 0. The van der Waals surface area contributed by atoms with Crippen LogP contribution >= 0.6 is 0 Å². The standard InChI is InChI=1S/C59H116N2O5/c1-8-13-18-23-30-39-49-57(62)61(53-42-52-60(6)7)54(43-33-28-24-26-31-40-50-58(63)65-55(45-35-19-14-9-2)46-36-20-15-10-3)44-34-29-25-27-32-41-51-59(64)66-56(47-37-21-16-11-4)48-38-22-17-12-5/h54-56H,8-53H2,1-7H3. The Bertz CT molecular complexity index is 969. The molecule has 0 aromatic carbocycles. The van der Waals surface area contributed by atoms with Crippen molar-refractivity contribution >= 4 is 17.8 Å². The van der Waals surface area contributed by atoms with Gasteiger partial charge in [0.2, 0.25) is 5.91 Å². The SMILES string of the molecule is CCCCCCCCC(=O)N(CCCN(C)C)C(CCCCCCCCC(=O)OC(CCCCCC)CCCCCC)CCCCCCCCC(=O)OC(CCCCCC)CCCCCC. The quantitative estimate of drug-likeness (QED) is 0.0447. The van der Waals surface area contributed by atoms with Crippen LogP contribution in [-0.4, -0.2) is 73.1 Å². The number of esters is 2. The molecule has 0 saturated heterocycles. The van der Waals surface area contributed by atoms with Gasteiger partial charge in [0.25, 0.3) is 0 Å². The second kappa shape index (κ2) is 49.8. The van der Waals surface area contributed by atoms with E-state index in [1.54, 1.807) is 0 Å². The molecule has 0 radical (unpaired) electrons. The molecule has 392 valence electrons. The Labute approximate surface area is 412 Å². The van der Waals surface area contributed by atoms with E-state index in [4.69, 9.17) is 9.47 Å². The van der Waals surface area contributed by atoms with Crippen LogP contribution in [0.3, 0.4) is 0 Å². The fourth-order valence-corrected chi connectivity index (χ4v) is 9.65. The molecule has 0 bridgehead atoms. The number of ether oxygens (including phenoxy) is 2. The van der Waals surface area contributed by atoms with Crippen LogP contribution in [0.5, 0.6) is 0 Å². The fraction of sp³-hybridized carbons (Fsp3) is 0.949. The number of hydrogen-bond donors (Lipinski definition) is 0. The molecule has 0 saturated carbocycles. The molecule has 7 heteroatoms. The van der Waals surface area contributed by atoms with Gasteiger partial charge in [-0.3, -0.25) is 14.4 Å². The summed E-state index contributed by atoms with van der Waals surface area (Å²) in [4.78, 5) is 44.2. The van der Waals surface area contributed by atoms with Crippen LogP contribution in [0.15, 0.2) is 0 Å². The Kier molecular flexibility index (Phi) is 48.6. The summed E-state index contributed by atoms with van der Waals surface area (Å²) in [6, 6.07) is 0.318.